The molecule has 0 saturated carbocycles. The molecular formula is C16H11BrF3NO3. The van der Waals surface area contributed by atoms with Gasteiger partial charge in [-0.05, 0) is 37.3 Å². The van der Waals surface area contributed by atoms with E-state index in [1.807, 2.05) is 0 Å². The van der Waals surface area contributed by atoms with Crippen LogP contribution in [0.25, 0.3) is 0 Å². The summed E-state index contributed by atoms with van der Waals surface area (Å²) in [5.41, 5.74) is -0.340. The SMILES string of the molecule is C[C@@H](OC(=O)c1cc(Br)ccc1F)C(=O)Nc1ccc(F)c(F)c1. The number of nitrogens with one attached hydrogen (secondary N) is 1. The molecule has 8 heteroatoms. The standard InChI is InChI=1S/C16H11BrF3NO3/c1-8(15(22)21-10-3-5-13(19)14(20)7-10)24-16(23)11-6-9(17)2-4-12(11)18/h2-8H,1H3,(H,21,22)/t8-/m1/s1. The fourth-order valence-electron chi connectivity index (χ4n) is 1.75. The third-order valence-electron chi connectivity index (χ3n) is 2.99. The minimum atomic E-state index is -1.27. The minimum absolute atomic E-state index is 0.00423. The summed E-state index contributed by atoms with van der Waals surface area (Å²) in [5, 5.41) is 2.27. The molecule has 4 nitrogen and oxygen atoms in total. The van der Waals surface area contributed by atoms with Crippen LogP contribution in [-0.4, -0.2) is 18.0 Å². The van der Waals surface area contributed by atoms with Gasteiger partial charge in [0.2, 0.25) is 0 Å². The van der Waals surface area contributed by atoms with Gasteiger partial charge in [-0.25, -0.2) is 18.0 Å². The Morgan fingerprint density at radius 3 is 2.38 bits per heavy atom. The summed E-state index contributed by atoms with van der Waals surface area (Å²) >= 11 is 3.10. The molecule has 0 bridgehead atoms. The number of ether oxygens (including phenoxy) is 1. The number of anilines is 1. The van der Waals surface area contributed by atoms with Crippen LogP contribution in [-0.2, 0) is 9.53 Å². The maximum absolute atomic E-state index is 13.6. The Hall–Kier alpha value is -2.35. The molecule has 0 fully saturated rings. The predicted molar refractivity (Wildman–Crippen MR) is 84.0 cm³/mol. The average Bonchev–Trinajstić information content (AvgIpc) is 2.53. The first-order valence-corrected chi connectivity index (χ1v) is 7.49. The molecule has 0 aliphatic rings. The molecule has 0 heterocycles. The highest BCUT2D eigenvalue weighted by atomic mass is 79.9. The van der Waals surface area contributed by atoms with E-state index in [9.17, 15) is 22.8 Å². The highest BCUT2D eigenvalue weighted by Crippen LogP contribution is 2.18. The number of benzene rings is 2. The van der Waals surface area contributed by atoms with Crippen molar-refractivity contribution in [1.29, 1.82) is 0 Å². The number of amides is 1. The summed E-state index contributed by atoms with van der Waals surface area (Å²) < 4.78 is 44.9. The van der Waals surface area contributed by atoms with Crippen LogP contribution >= 0.6 is 15.9 Å². The van der Waals surface area contributed by atoms with Crippen molar-refractivity contribution < 1.29 is 27.5 Å². The van der Waals surface area contributed by atoms with Gasteiger partial charge < -0.3 is 10.1 Å². The van der Waals surface area contributed by atoms with E-state index in [2.05, 4.69) is 21.2 Å². The van der Waals surface area contributed by atoms with Crippen molar-refractivity contribution in [2.24, 2.45) is 0 Å². The number of rotatable bonds is 4. The van der Waals surface area contributed by atoms with E-state index in [1.54, 1.807) is 0 Å². The minimum Gasteiger partial charge on any atom is -0.449 e. The zero-order valence-corrected chi connectivity index (χ0v) is 13.9. The summed E-state index contributed by atoms with van der Waals surface area (Å²) in [5.74, 6) is -4.78. The molecule has 126 valence electrons. The van der Waals surface area contributed by atoms with Crippen LogP contribution in [0.3, 0.4) is 0 Å². The summed E-state index contributed by atoms with van der Waals surface area (Å²) in [6.07, 6.45) is -1.27. The molecule has 0 aromatic heterocycles. The van der Waals surface area contributed by atoms with E-state index in [0.717, 1.165) is 24.3 Å². The first-order chi connectivity index (χ1) is 11.3. The van der Waals surface area contributed by atoms with Crippen LogP contribution in [0.15, 0.2) is 40.9 Å². The lowest BCUT2D eigenvalue weighted by atomic mass is 10.2. The molecule has 0 radical (unpaired) electrons. The van der Waals surface area contributed by atoms with E-state index >= 15 is 0 Å². The average molecular weight is 402 g/mol. The van der Waals surface area contributed by atoms with Crippen molar-refractivity contribution in [2.75, 3.05) is 5.32 Å². The van der Waals surface area contributed by atoms with Crippen molar-refractivity contribution in [3.05, 3.63) is 63.9 Å². The monoisotopic (exact) mass is 401 g/mol. The molecule has 1 atom stereocenters. The first kappa shape index (κ1) is 18.0. The molecule has 0 aliphatic carbocycles. The molecule has 1 amide bonds. The summed E-state index contributed by atoms with van der Waals surface area (Å²) in [4.78, 5) is 23.8. The van der Waals surface area contributed by atoms with Gasteiger partial charge in [0.15, 0.2) is 17.7 Å². The fraction of sp³-hybridized carbons (Fsp3) is 0.125. The Kier molecular flexibility index (Phi) is 5.61. The van der Waals surface area contributed by atoms with Gasteiger partial charge in [-0.2, -0.15) is 0 Å². The van der Waals surface area contributed by atoms with Crippen LogP contribution in [0.4, 0.5) is 18.9 Å². The highest BCUT2D eigenvalue weighted by Gasteiger charge is 2.21. The first-order valence-electron chi connectivity index (χ1n) is 6.70. The molecule has 0 aliphatic heterocycles. The van der Waals surface area contributed by atoms with E-state index in [0.29, 0.717) is 4.47 Å². The Balaban J connectivity index is 2.04. The molecule has 2 rings (SSSR count). The molecule has 0 saturated heterocycles. The summed E-state index contributed by atoms with van der Waals surface area (Å²) in [6.45, 7) is 1.27. The van der Waals surface area contributed by atoms with Gasteiger partial charge in [0, 0.05) is 16.2 Å². The molecule has 24 heavy (non-hydrogen) atoms. The summed E-state index contributed by atoms with van der Waals surface area (Å²) in [6, 6.07) is 6.49. The van der Waals surface area contributed by atoms with Gasteiger partial charge in [0.1, 0.15) is 5.82 Å². The number of halogens is 4. The van der Waals surface area contributed by atoms with Gasteiger partial charge in [0.05, 0.1) is 5.56 Å². The molecule has 2 aromatic rings. The third-order valence-corrected chi connectivity index (χ3v) is 3.48. The van der Waals surface area contributed by atoms with Gasteiger partial charge in [0.25, 0.3) is 5.91 Å². The number of carbonyl (C=O) groups excluding carboxylic acids is 2. The Labute approximate surface area is 143 Å². The normalized spacial score (nSPS) is 11.7. The zero-order chi connectivity index (χ0) is 17.9. The summed E-state index contributed by atoms with van der Waals surface area (Å²) in [7, 11) is 0. The van der Waals surface area contributed by atoms with Gasteiger partial charge in [-0.15, -0.1) is 0 Å². The molecule has 2 aromatic carbocycles. The second kappa shape index (κ2) is 7.48. The van der Waals surface area contributed by atoms with Crippen LogP contribution in [0.5, 0.6) is 0 Å². The maximum Gasteiger partial charge on any atom is 0.341 e. The van der Waals surface area contributed by atoms with Crippen LogP contribution in [0, 0.1) is 17.5 Å². The lowest BCUT2D eigenvalue weighted by Crippen LogP contribution is -2.30. The highest BCUT2D eigenvalue weighted by molar-refractivity contribution is 9.10. The van der Waals surface area contributed by atoms with Crippen molar-refractivity contribution in [3.63, 3.8) is 0 Å². The quantitative estimate of drug-likeness (QED) is 0.786. The smallest absolute Gasteiger partial charge is 0.341 e. The Morgan fingerprint density at radius 1 is 1.04 bits per heavy atom. The fourth-order valence-corrected chi connectivity index (χ4v) is 2.11. The second-order valence-corrected chi connectivity index (χ2v) is 5.71. The lowest BCUT2D eigenvalue weighted by molar-refractivity contribution is -0.123. The van der Waals surface area contributed by atoms with E-state index < -0.39 is 35.4 Å². The zero-order valence-electron chi connectivity index (χ0n) is 12.3. The molecule has 1 N–H and O–H groups in total. The van der Waals surface area contributed by atoms with E-state index in [-0.39, 0.29) is 11.3 Å². The lowest BCUT2D eigenvalue weighted by Gasteiger charge is -2.14. The molecular weight excluding hydrogens is 391 g/mol. The third kappa shape index (κ3) is 4.35. The van der Waals surface area contributed by atoms with Crippen molar-refractivity contribution in [2.45, 2.75) is 13.0 Å². The Morgan fingerprint density at radius 2 is 1.71 bits per heavy atom. The van der Waals surface area contributed by atoms with Gasteiger partial charge >= 0.3 is 5.97 Å². The van der Waals surface area contributed by atoms with Gasteiger partial charge in [-0.3, -0.25) is 4.79 Å². The van der Waals surface area contributed by atoms with Crippen LogP contribution in [0.2, 0.25) is 0 Å². The topological polar surface area (TPSA) is 55.4 Å². The number of hydrogen-bond donors (Lipinski definition) is 1. The van der Waals surface area contributed by atoms with Crippen LogP contribution < -0.4 is 5.32 Å². The van der Waals surface area contributed by atoms with E-state index in [4.69, 9.17) is 4.74 Å². The number of hydrogen-bond acceptors (Lipinski definition) is 3. The van der Waals surface area contributed by atoms with Crippen molar-refractivity contribution in [1.82, 2.24) is 0 Å². The van der Waals surface area contributed by atoms with Crippen molar-refractivity contribution >= 4 is 33.5 Å². The Bertz CT molecular complexity index is 798. The van der Waals surface area contributed by atoms with E-state index in [1.165, 1.54) is 19.1 Å². The van der Waals surface area contributed by atoms with Crippen LogP contribution in [0.1, 0.15) is 17.3 Å². The van der Waals surface area contributed by atoms with Gasteiger partial charge in [-0.1, -0.05) is 15.9 Å². The molecule has 0 spiro atoms. The molecule has 0 unspecified atom stereocenters. The maximum atomic E-state index is 13.6. The predicted octanol–water partition coefficient (Wildman–Crippen LogP) is 4.05. The number of esters is 1. The second-order valence-electron chi connectivity index (χ2n) is 4.79. The largest absolute Gasteiger partial charge is 0.449 e. The number of carbonyl (C=O) groups is 2. The van der Waals surface area contributed by atoms with Crippen molar-refractivity contribution in [3.8, 4) is 0 Å².